The van der Waals surface area contributed by atoms with Gasteiger partial charge in [0.15, 0.2) is 0 Å². The molecule has 2 rings (SSSR count). The van der Waals surface area contributed by atoms with Crippen molar-refractivity contribution in [3.8, 4) is 11.5 Å². The Morgan fingerprint density at radius 2 is 1.41 bits per heavy atom. The van der Waals surface area contributed by atoms with Crippen LogP contribution in [0, 0.1) is 20.2 Å². The van der Waals surface area contributed by atoms with E-state index in [9.17, 15) is 30.4 Å². The van der Waals surface area contributed by atoms with Gasteiger partial charge in [-0.3, -0.25) is 0 Å². The summed E-state index contributed by atoms with van der Waals surface area (Å²) in [4.78, 5) is 20.3. The third kappa shape index (κ3) is 4.34. The molecule has 0 aliphatic carbocycles. The maximum atomic E-state index is 10.9. The number of rotatable bonds is 6. The number of hydrogen-bond acceptors (Lipinski definition) is 7. The number of phenolic OH excluding ortho intramolecular Hbond substituents is 2. The molecule has 0 bridgehead atoms. The van der Waals surface area contributed by atoms with Crippen LogP contribution in [0.3, 0.4) is 0 Å². The van der Waals surface area contributed by atoms with Crippen LogP contribution in [0.2, 0.25) is 0 Å². The van der Waals surface area contributed by atoms with Crippen molar-refractivity contribution >= 4 is 23.5 Å². The van der Waals surface area contributed by atoms with Crippen molar-refractivity contribution in [2.45, 2.75) is 0 Å². The van der Waals surface area contributed by atoms with E-state index in [1.165, 1.54) is 30.3 Å². The predicted octanol–water partition coefficient (Wildman–Crippen LogP) is 2.63. The molecule has 0 spiro atoms. The van der Waals surface area contributed by atoms with Crippen LogP contribution in [-0.4, -0.2) is 20.1 Å². The number of nitrogens with zero attached hydrogens (tertiary/aromatic N) is 2. The number of nitrogens with one attached hydrogen (secondary N) is 2. The van der Waals surface area contributed by atoms with Gasteiger partial charge in [-0.25, -0.2) is 0 Å². The molecule has 2 aromatic rings. The summed E-state index contributed by atoms with van der Waals surface area (Å²) < 4.78 is 2.40. The summed E-state index contributed by atoms with van der Waals surface area (Å²) >= 11 is 3.92. The summed E-state index contributed by atoms with van der Waals surface area (Å²) in [7, 11) is 0. The third-order valence-corrected chi connectivity index (χ3v) is 3.75. The molecule has 141 valence electrons. The molecule has 0 aliphatic heterocycles. The first-order chi connectivity index (χ1) is 12.8. The van der Waals surface area contributed by atoms with E-state index in [1.54, 1.807) is 0 Å². The average molecular weight is 415 g/mol. The van der Waals surface area contributed by atoms with Gasteiger partial charge in [0.05, 0.1) is 0 Å². The molecule has 27 heavy (non-hydrogen) atoms. The van der Waals surface area contributed by atoms with Gasteiger partial charge in [-0.05, 0) is 0 Å². The van der Waals surface area contributed by atoms with Gasteiger partial charge in [0.25, 0.3) is 0 Å². The zero-order valence-electron chi connectivity index (χ0n) is 13.4. The zero-order chi connectivity index (χ0) is 20.1. The number of hydrogen-bond donors (Lipinski definition) is 3. The fraction of sp³-hybridized carbons (Fsp3) is 0. The second-order valence-corrected chi connectivity index (χ2v) is 5.40. The van der Waals surface area contributed by atoms with Crippen molar-refractivity contribution in [1.29, 1.82) is 0 Å². The number of para-hydroxylation sites is 2. The molecule has 10 nitrogen and oxygen atoms in total. The van der Waals surface area contributed by atoms with Crippen LogP contribution < -0.4 is 10.1 Å². The molecule has 0 atom stereocenters. The molecule has 0 heterocycles. The quantitative estimate of drug-likeness (QED) is 0.371. The van der Waals surface area contributed by atoms with Gasteiger partial charge in [0.2, 0.25) is 0 Å². The van der Waals surface area contributed by atoms with Crippen molar-refractivity contribution in [3.63, 3.8) is 0 Å². The van der Waals surface area contributed by atoms with E-state index < -0.39 is 32.7 Å². The van der Waals surface area contributed by atoms with E-state index >= 15 is 0 Å². The van der Waals surface area contributed by atoms with Crippen LogP contribution >= 0.6 is 0 Å². The van der Waals surface area contributed by atoms with Crippen LogP contribution in [0.15, 0.2) is 47.8 Å². The average Bonchev–Trinajstić information content (AvgIpc) is 2.61. The van der Waals surface area contributed by atoms with E-state index in [4.69, 9.17) is 5.73 Å². The van der Waals surface area contributed by atoms with Crippen molar-refractivity contribution in [2.75, 3.05) is 0 Å². The molecule has 1 radical (unpaired) electrons. The molecule has 0 saturated carbocycles. The fourth-order valence-corrected chi connectivity index (χ4v) is 2.38. The Morgan fingerprint density at radius 1 is 0.963 bits per heavy atom. The molecule has 0 fully saturated rings. The van der Waals surface area contributed by atoms with Gasteiger partial charge in [-0.15, -0.1) is 0 Å². The van der Waals surface area contributed by atoms with E-state index in [2.05, 4.69) is 20.3 Å². The second-order valence-electron chi connectivity index (χ2n) is 5.14. The number of phenols is 2. The molecule has 0 amide bonds. The van der Waals surface area contributed by atoms with Crippen LogP contribution in [-0.2, 0) is 16.0 Å². The number of benzene rings is 2. The summed E-state index contributed by atoms with van der Waals surface area (Å²) in [5.74, 6) is -1.20. The molecule has 2 aromatic carbocycles. The van der Waals surface area contributed by atoms with Gasteiger partial charge < -0.3 is 0 Å². The Labute approximate surface area is 160 Å². The number of nitro groups is 2. The van der Waals surface area contributed by atoms with Crippen molar-refractivity contribution < 1.29 is 36.0 Å². The fourth-order valence-electron chi connectivity index (χ4n) is 2.16. The monoisotopic (exact) mass is 415 g/mol. The molecule has 0 saturated heterocycles. The topological polar surface area (TPSA) is 163 Å². The van der Waals surface area contributed by atoms with Crippen LogP contribution in [0.25, 0.3) is 12.2 Å². The predicted molar refractivity (Wildman–Crippen MR) is 91.7 cm³/mol. The first-order valence-corrected chi connectivity index (χ1v) is 7.70. The Bertz CT molecular complexity index is 973. The number of aromatic hydroxyl groups is 2. The van der Waals surface area contributed by atoms with Gasteiger partial charge in [0.1, 0.15) is 0 Å². The zero-order valence-corrected chi connectivity index (χ0v) is 14.4. The minimum atomic E-state index is -0.759. The Morgan fingerprint density at radius 3 is 1.81 bits per heavy atom. The summed E-state index contributed by atoms with van der Waals surface area (Å²) in [6, 6.07) is 7.71. The molecule has 0 aliphatic rings. The summed E-state index contributed by atoms with van der Waals surface area (Å²) in [6.07, 6.45) is 2.38. The Balaban J connectivity index is 2.49. The summed E-state index contributed by atoms with van der Waals surface area (Å²) in [5.41, 5.74) is 6.92. The second kappa shape index (κ2) is 8.20. The molecule has 11 heteroatoms. The van der Waals surface area contributed by atoms with Crippen LogP contribution in [0.1, 0.15) is 11.1 Å². The standard InChI is InChI=1S/C16H12N4O6.Co/c17-11(7-9-3-1-5-13(15(9)21)19(23)24)12(18)8-10-4-2-6-14(16(10)22)20(25)26;/h1-8,17-18,21-22H;/q-1;+1. The van der Waals surface area contributed by atoms with Crippen molar-refractivity contribution in [3.05, 3.63) is 79.1 Å². The minimum absolute atomic E-state index is 0.0196. The van der Waals surface area contributed by atoms with E-state index in [1.807, 2.05) is 0 Å². The number of nitro benzene ring substituents is 2. The molecule has 0 aromatic heterocycles. The summed E-state index contributed by atoms with van der Waals surface area (Å²) in [5, 5.41) is 41.7. The SMILES string of the molecule is [NH]C(=Cc1cccc([N+](=O)[O-])c1O)C(=Cc1cccc([N+](=O)[O-])c1O)[NH][Co]. The van der Waals surface area contributed by atoms with E-state index in [0.717, 1.165) is 18.2 Å². The Hall–Kier alpha value is -3.57. The molecule has 4 N–H and O–H groups in total. The van der Waals surface area contributed by atoms with Gasteiger partial charge >= 0.3 is 160 Å². The summed E-state index contributed by atoms with van der Waals surface area (Å²) in [6.45, 7) is 0. The molecular formula is C16H12CoN4O6. The normalized spacial score (nSPS) is 11.9. The van der Waals surface area contributed by atoms with E-state index in [-0.39, 0.29) is 22.5 Å². The van der Waals surface area contributed by atoms with Crippen LogP contribution in [0.5, 0.6) is 11.5 Å². The van der Waals surface area contributed by atoms with Gasteiger partial charge in [0, 0.05) is 0 Å². The van der Waals surface area contributed by atoms with Crippen LogP contribution in [0.4, 0.5) is 11.4 Å². The maximum absolute atomic E-state index is 10.9. The van der Waals surface area contributed by atoms with Gasteiger partial charge in [-0.2, -0.15) is 0 Å². The third-order valence-electron chi connectivity index (χ3n) is 3.46. The molecule has 0 unspecified atom stereocenters. The first-order valence-electron chi connectivity index (χ1n) is 7.18. The van der Waals surface area contributed by atoms with Crippen molar-refractivity contribution in [1.82, 2.24) is 10.1 Å². The Kier molecular flexibility index (Phi) is 6.00. The van der Waals surface area contributed by atoms with E-state index in [0.29, 0.717) is 0 Å². The van der Waals surface area contributed by atoms with Crippen molar-refractivity contribution in [2.24, 2.45) is 0 Å². The van der Waals surface area contributed by atoms with Gasteiger partial charge in [-0.1, -0.05) is 0 Å². The first kappa shape index (κ1) is 19.7. The molecular weight excluding hydrogens is 403 g/mol.